The van der Waals surface area contributed by atoms with Crippen LogP contribution in [-0.2, 0) is 20.1 Å². The van der Waals surface area contributed by atoms with Gasteiger partial charge in [-0.1, -0.05) is 0 Å². The first-order chi connectivity index (χ1) is 8.74. The lowest BCUT2D eigenvalue weighted by Crippen LogP contribution is -2.52. The Morgan fingerprint density at radius 2 is 1.15 bits per heavy atom. The first-order valence-electron chi connectivity index (χ1n) is 5.85. The number of halogens is 3. The maximum absolute atomic E-state index is 11.7. The molecule has 0 saturated heterocycles. The minimum Gasteiger partial charge on any atom is -0.741 e. The third-order valence-corrected chi connectivity index (χ3v) is 6.22. The molecule has 0 bridgehead atoms. The predicted octanol–water partition coefficient (Wildman–Crippen LogP) is 1.26. The molecule has 0 aliphatic carbocycles. The van der Waals surface area contributed by atoms with E-state index in [1.54, 1.807) is 6.92 Å². The Bertz CT molecular complexity index is 472. The first-order valence-corrected chi connectivity index (χ1v) is 8.87. The van der Waals surface area contributed by atoms with Gasteiger partial charge in [-0.15, -0.1) is 0 Å². The van der Waals surface area contributed by atoms with E-state index < -0.39 is 25.6 Å². The van der Waals surface area contributed by atoms with Gasteiger partial charge in [-0.3, -0.25) is 0 Å². The standard InChI is InChI=1S/C8H20NO2S.CHF3O3S/c1-5-9(6-2,7-3)12(10,11)8-4;2-1(3,4)8(5,6)7/h5-8H2,1-4H3;(H,5,6,7)/q+1;/p-1. The zero-order valence-corrected chi connectivity index (χ0v) is 13.4. The van der Waals surface area contributed by atoms with Gasteiger partial charge in [-0.05, 0) is 27.7 Å². The van der Waals surface area contributed by atoms with Crippen LogP contribution in [0.5, 0.6) is 0 Å². The lowest BCUT2D eigenvalue weighted by Gasteiger charge is -2.33. The number of hydrogen-bond acceptors (Lipinski definition) is 5. The van der Waals surface area contributed by atoms with Crippen molar-refractivity contribution in [3.8, 4) is 0 Å². The number of nitrogens with zero attached hydrogens (tertiary/aromatic N) is 1. The molecule has 0 aromatic carbocycles. The lowest BCUT2D eigenvalue weighted by atomic mass is 10.5. The van der Waals surface area contributed by atoms with Crippen molar-refractivity contribution in [3.63, 3.8) is 0 Å². The van der Waals surface area contributed by atoms with Crippen LogP contribution in [0.25, 0.3) is 0 Å². The average Bonchev–Trinajstić information content (AvgIpc) is 2.30. The number of quaternary nitrogens is 1. The molecule has 0 saturated carbocycles. The van der Waals surface area contributed by atoms with Crippen molar-refractivity contribution in [3.05, 3.63) is 0 Å². The smallest absolute Gasteiger partial charge is 0.485 e. The highest BCUT2D eigenvalue weighted by atomic mass is 32.2. The summed E-state index contributed by atoms with van der Waals surface area (Å²) in [6.45, 7) is 9.51. The molecule has 11 heteroatoms. The van der Waals surface area contributed by atoms with Crippen molar-refractivity contribution >= 4 is 20.1 Å². The minimum absolute atomic E-state index is 0.226. The van der Waals surface area contributed by atoms with E-state index in [0.717, 1.165) is 0 Å². The summed E-state index contributed by atoms with van der Waals surface area (Å²) >= 11 is 0. The monoisotopic (exact) mass is 343 g/mol. The molecule has 0 N–H and O–H groups in total. The zero-order valence-electron chi connectivity index (χ0n) is 11.8. The van der Waals surface area contributed by atoms with Crippen LogP contribution in [0.4, 0.5) is 13.2 Å². The zero-order chi connectivity index (χ0) is 16.8. The highest BCUT2D eigenvalue weighted by Crippen LogP contribution is 2.20. The van der Waals surface area contributed by atoms with Crippen LogP contribution in [0.3, 0.4) is 0 Å². The molecule has 0 atom stereocenters. The molecule has 0 unspecified atom stereocenters. The van der Waals surface area contributed by atoms with Crippen molar-refractivity contribution < 1.29 is 38.4 Å². The van der Waals surface area contributed by atoms with Gasteiger partial charge >= 0.3 is 5.51 Å². The summed E-state index contributed by atoms with van der Waals surface area (Å²) in [5.74, 6) is 0.239. The number of hydrogen-bond donors (Lipinski definition) is 0. The maximum Gasteiger partial charge on any atom is 0.485 e. The molecular formula is C9H20F3NO5S2. The summed E-state index contributed by atoms with van der Waals surface area (Å²) in [5, 5.41) is 0. The highest BCUT2D eigenvalue weighted by Gasteiger charge is 2.37. The van der Waals surface area contributed by atoms with Crippen molar-refractivity contribution in [1.82, 2.24) is 0 Å². The van der Waals surface area contributed by atoms with E-state index in [9.17, 15) is 21.6 Å². The summed E-state index contributed by atoms with van der Waals surface area (Å²) in [6, 6.07) is 0. The number of sulfonamides is 1. The summed E-state index contributed by atoms with van der Waals surface area (Å²) < 4.78 is 82.5. The molecule has 0 aliphatic rings. The van der Waals surface area contributed by atoms with Crippen molar-refractivity contribution in [2.75, 3.05) is 25.4 Å². The second-order valence-electron chi connectivity index (χ2n) is 3.78. The van der Waals surface area contributed by atoms with Gasteiger partial charge in [-0.2, -0.15) is 21.6 Å². The maximum atomic E-state index is 11.7. The molecule has 0 amide bonds. The van der Waals surface area contributed by atoms with Crippen molar-refractivity contribution in [1.29, 1.82) is 0 Å². The van der Waals surface area contributed by atoms with Crippen LogP contribution in [0.2, 0.25) is 0 Å². The van der Waals surface area contributed by atoms with E-state index in [2.05, 4.69) is 0 Å². The summed E-state index contributed by atoms with van der Waals surface area (Å²) in [7, 11) is -9.02. The predicted molar refractivity (Wildman–Crippen MR) is 67.1 cm³/mol. The van der Waals surface area contributed by atoms with Gasteiger partial charge in [0.25, 0.3) is 10.0 Å². The second kappa shape index (κ2) is 7.57. The average molecular weight is 343 g/mol. The van der Waals surface area contributed by atoms with Gasteiger partial charge in [-0.25, -0.2) is 12.3 Å². The Morgan fingerprint density at radius 3 is 1.20 bits per heavy atom. The molecule has 0 radical (unpaired) electrons. The van der Waals surface area contributed by atoms with Gasteiger partial charge in [0.1, 0.15) is 0 Å². The molecular weight excluding hydrogens is 323 g/mol. The van der Waals surface area contributed by atoms with Crippen molar-refractivity contribution in [2.45, 2.75) is 33.2 Å². The fourth-order valence-corrected chi connectivity index (χ4v) is 3.26. The van der Waals surface area contributed by atoms with E-state index in [-0.39, 0.29) is 9.64 Å². The summed E-state index contributed by atoms with van der Waals surface area (Å²) in [6.07, 6.45) is 0. The van der Waals surface area contributed by atoms with Crippen LogP contribution in [-0.4, -0.2) is 56.2 Å². The van der Waals surface area contributed by atoms with Crippen molar-refractivity contribution in [2.24, 2.45) is 0 Å². The summed E-state index contributed by atoms with van der Waals surface area (Å²) in [5.41, 5.74) is -5.65. The highest BCUT2D eigenvalue weighted by molar-refractivity contribution is 7.86. The topological polar surface area (TPSA) is 91.3 Å². The normalized spacial score (nSPS) is 13.6. The van der Waals surface area contributed by atoms with E-state index in [1.165, 1.54) is 0 Å². The molecule has 0 aliphatic heterocycles. The summed E-state index contributed by atoms with van der Waals surface area (Å²) in [4.78, 5) is 0. The van der Waals surface area contributed by atoms with Gasteiger partial charge in [0.2, 0.25) is 0 Å². The molecule has 20 heavy (non-hydrogen) atoms. The van der Waals surface area contributed by atoms with Crippen LogP contribution < -0.4 is 0 Å². The third-order valence-electron chi connectivity index (χ3n) is 2.97. The van der Waals surface area contributed by atoms with E-state index in [0.29, 0.717) is 19.6 Å². The fraction of sp³-hybridized carbons (Fsp3) is 1.00. The molecule has 6 nitrogen and oxygen atoms in total. The number of rotatable bonds is 5. The number of alkyl halides is 3. The minimum atomic E-state index is -6.09. The SMILES string of the molecule is CC[N+](CC)(CC)S(=O)(=O)CC.O=S(=O)([O-])C(F)(F)F. The van der Waals surface area contributed by atoms with Gasteiger partial charge in [0.05, 0.1) is 25.4 Å². The fourth-order valence-electron chi connectivity index (χ4n) is 1.53. The quantitative estimate of drug-likeness (QED) is 0.426. The Hall–Kier alpha value is -0.390. The lowest BCUT2D eigenvalue weighted by molar-refractivity contribution is -0.800. The van der Waals surface area contributed by atoms with Gasteiger partial charge < -0.3 is 4.55 Å². The molecule has 124 valence electrons. The van der Waals surface area contributed by atoms with Crippen LogP contribution in [0.1, 0.15) is 27.7 Å². The molecule has 0 fully saturated rings. The second-order valence-corrected chi connectivity index (χ2v) is 7.66. The van der Waals surface area contributed by atoms with Crippen LogP contribution in [0.15, 0.2) is 0 Å². The Kier molecular flexibility index (Phi) is 8.29. The first kappa shape index (κ1) is 21.9. The van der Waals surface area contributed by atoms with Gasteiger partial charge in [0.15, 0.2) is 10.1 Å². The largest absolute Gasteiger partial charge is 0.741 e. The van der Waals surface area contributed by atoms with Crippen LogP contribution in [0, 0.1) is 0 Å². The third kappa shape index (κ3) is 5.54. The van der Waals surface area contributed by atoms with E-state index in [1.807, 2.05) is 20.8 Å². The Balaban J connectivity index is 0. The van der Waals surface area contributed by atoms with E-state index >= 15 is 0 Å². The molecule has 0 aromatic rings. The molecule has 0 rings (SSSR count). The molecule has 0 aromatic heterocycles. The van der Waals surface area contributed by atoms with Gasteiger partial charge in [0, 0.05) is 0 Å². The Labute approximate surface area is 118 Å². The Morgan fingerprint density at radius 1 is 0.900 bits per heavy atom. The molecule has 0 spiro atoms. The molecule has 0 heterocycles. The van der Waals surface area contributed by atoms with Crippen LogP contribution >= 0.6 is 0 Å². The van der Waals surface area contributed by atoms with E-state index in [4.69, 9.17) is 13.0 Å².